The van der Waals surface area contributed by atoms with Gasteiger partial charge in [-0.25, -0.2) is 17.9 Å². The molecule has 102 valence electrons. The molecule has 0 saturated carbocycles. The second kappa shape index (κ2) is 5.28. The van der Waals surface area contributed by atoms with E-state index in [4.69, 9.17) is 5.14 Å². The number of nitrogens with zero attached hydrogens (tertiary/aromatic N) is 1. The summed E-state index contributed by atoms with van der Waals surface area (Å²) in [4.78, 5) is 0.174. The number of rotatable bonds is 4. The maximum Gasteiger partial charge on any atom is 0.238 e. The SMILES string of the molecule is Cc1cc(S(N)(=O)=O)c(C)cc1NCc1cnsc1. The normalized spacial score (nSPS) is 11.5. The van der Waals surface area contributed by atoms with Crippen LogP contribution in [0.15, 0.2) is 28.6 Å². The predicted octanol–water partition coefficient (Wildman–Crippen LogP) is 2.02. The largest absolute Gasteiger partial charge is 0.381 e. The standard InChI is InChI=1S/C12H15N3O2S2/c1-8-4-12(19(13,16)17)9(2)3-11(8)14-5-10-6-15-18-7-10/h3-4,6-7,14H,5H2,1-2H3,(H2,13,16,17). The van der Waals surface area contributed by atoms with Gasteiger partial charge in [0, 0.05) is 29.4 Å². The molecular formula is C12H15N3O2S2. The van der Waals surface area contributed by atoms with E-state index in [9.17, 15) is 8.42 Å². The fraction of sp³-hybridized carbons (Fsp3) is 0.250. The van der Waals surface area contributed by atoms with Crippen molar-refractivity contribution in [3.8, 4) is 0 Å². The van der Waals surface area contributed by atoms with Crippen LogP contribution in [0.4, 0.5) is 5.69 Å². The average Bonchev–Trinajstić information content (AvgIpc) is 2.81. The molecule has 0 aliphatic carbocycles. The maximum atomic E-state index is 11.4. The second-order valence-electron chi connectivity index (χ2n) is 4.36. The number of hydrogen-bond donors (Lipinski definition) is 2. The van der Waals surface area contributed by atoms with Crippen LogP contribution < -0.4 is 10.5 Å². The highest BCUT2D eigenvalue weighted by molar-refractivity contribution is 7.89. The topological polar surface area (TPSA) is 85.1 Å². The van der Waals surface area contributed by atoms with E-state index in [2.05, 4.69) is 9.69 Å². The van der Waals surface area contributed by atoms with E-state index in [0.717, 1.165) is 16.8 Å². The van der Waals surface area contributed by atoms with Crippen LogP contribution in [0.5, 0.6) is 0 Å². The number of aromatic nitrogens is 1. The van der Waals surface area contributed by atoms with Crippen molar-refractivity contribution in [2.75, 3.05) is 5.32 Å². The summed E-state index contributed by atoms with van der Waals surface area (Å²) in [5, 5.41) is 10.4. The van der Waals surface area contributed by atoms with Gasteiger partial charge in [-0.3, -0.25) is 0 Å². The third-order valence-corrected chi connectivity index (χ3v) is 4.48. The summed E-state index contributed by atoms with van der Waals surface area (Å²) >= 11 is 1.40. The van der Waals surface area contributed by atoms with Crippen molar-refractivity contribution >= 4 is 27.2 Å². The van der Waals surface area contributed by atoms with Crippen LogP contribution in [-0.2, 0) is 16.6 Å². The first-order valence-corrected chi connectivity index (χ1v) is 8.02. The highest BCUT2D eigenvalue weighted by Crippen LogP contribution is 2.23. The molecule has 0 spiro atoms. The summed E-state index contributed by atoms with van der Waals surface area (Å²) in [6, 6.07) is 3.40. The Morgan fingerprint density at radius 3 is 2.63 bits per heavy atom. The van der Waals surface area contributed by atoms with Gasteiger partial charge < -0.3 is 5.32 Å². The second-order valence-corrected chi connectivity index (χ2v) is 6.55. The summed E-state index contributed by atoms with van der Waals surface area (Å²) in [5.74, 6) is 0. The van der Waals surface area contributed by atoms with E-state index < -0.39 is 10.0 Å². The van der Waals surface area contributed by atoms with Gasteiger partial charge in [-0.05, 0) is 48.6 Å². The number of anilines is 1. The van der Waals surface area contributed by atoms with Crippen LogP contribution in [-0.4, -0.2) is 12.8 Å². The van der Waals surface area contributed by atoms with Gasteiger partial charge in [0.2, 0.25) is 10.0 Å². The van der Waals surface area contributed by atoms with E-state index in [0.29, 0.717) is 12.1 Å². The van der Waals surface area contributed by atoms with E-state index in [-0.39, 0.29) is 4.90 Å². The number of nitrogens with one attached hydrogen (secondary N) is 1. The first kappa shape index (κ1) is 14.0. The molecule has 2 aromatic rings. The highest BCUT2D eigenvalue weighted by Gasteiger charge is 2.13. The average molecular weight is 297 g/mol. The summed E-state index contributed by atoms with van der Waals surface area (Å²) < 4.78 is 26.9. The fourth-order valence-corrected chi connectivity index (χ4v) is 3.18. The number of hydrogen-bond acceptors (Lipinski definition) is 5. The third kappa shape index (κ3) is 3.31. The molecule has 0 atom stereocenters. The van der Waals surface area contributed by atoms with Crippen molar-refractivity contribution in [2.45, 2.75) is 25.3 Å². The summed E-state index contributed by atoms with van der Waals surface area (Å²) in [6.07, 6.45) is 1.80. The van der Waals surface area contributed by atoms with Gasteiger partial charge in [0.15, 0.2) is 0 Å². The molecule has 0 aliphatic heterocycles. The Morgan fingerprint density at radius 2 is 2.05 bits per heavy atom. The monoisotopic (exact) mass is 297 g/mol. The van der Waals surface area contributed by atoms with Gasteiger partial charge in [-0.2, -0.15) is 0 Å². The molecule has 0 amide bonds. The third-order valence-electron chi connectivity index (χ3n) is 2.79. The lowest BCUT2D eigenvalue weighted by Gasteiger charge is -2.12. The molecule has 0 unspecified atom stereocenters. The highest BCUT2D eigenvalue weighted by atomic mass is 32.2. The van der Waals surface area contributed by atoms with Crippen molar-refractivity contribution in [1.29, 1.82) is 0 Å². The molecule has 0 fully saturated rings. The van der Waals surface area contributed by atoms with Gasteiger partial charge >= 0.3 is 0 Å². The fourth-order valence-electron chi connectivity index (χ4n) is 1.80. The lowest BCUT2D eigenvalue weighted by atomic mass is 10.1. The molecular weight excluding hydrogens is 282 g/mol. The summed E-state index contributed by atoms with van der Waals surface area (Å²) in [7, 11) is -3.67. The lowest BCUT2D eigenvalue weighted by Crippen LogP contribution is -2.14. The van der Waals surface area contributed by atoms with Crippen LogP contribution >= 0.6 is 11.5 Å². The molecule has 1 aromatic carbocycles. The summed E-state index contributed by atoms with van der Waals surface area (Å²) in [5.41, 5.74) is 3.48. The van der Waals surface area contributed by atoms with Crippen LogP contribution in [0.25, 0.3) is 0 Å². The van der Waals surface area contributed by atoms with E-state index >= 15 is 0 Å². The molecule has 1 aromatic heterocycles. The van der Waals surface area contributed by atoms with Crippen molar-refractivity contribution in [2.24, 2.45) is 5.14 Å². The molecule has 1 heterocycles. The molecule has 3 N–H and O–H groups in total. The first-order chi connectivity index (χ1) is 8.88. The minimum absolute atomic E-state index is 0.174. The van der Waals surface area contributed by atoms with Crippen molar-refractivity contribution < 1.29 is 8.42 Å². The smallest absolute Gasteiger partial charge is 0.238 e. The summed E-state index contributed by atoms with van der Waals surface area (Å²) in [6.45, 7) is 4.24. The van der Waals surface area contributed by atoms with Crippen LogP contribution in [0.2, 0.25) is 0 Å². The molecule has 0 saturated heterocycles. The Kier molecular flexibility index (Phi) is 3.88. The molecule has 0 aliphatic rings. The molecule has 19 heavy (non-hydrogen) atoms. The number of primary sulfonamides is 1. The Hall–Kier alpha value is -1.44. The molecule has 7 heteroatoms. The number of benzene rings is 1. The first-order valence-electron chi connectivity index (χ1n) is 5.64. The lowest BCUT2D eigenvalue weighted by molar-refractivity contribution is 0.597. The Bertz CT molecular complexity index is 679. The number of nitrogens with two attached hydrogens (primary N) is 1. The minimum atomic E-state index is -3.67. The zero-order valence-electron chi connectivity index (χ0n) is 10.7. The predicted molar refractivity (Wildman–Crippen MR) is 76.7 cm³/mol. The molecule has 0 radical (unpaired) electrons. The Morgan fingerprint density at radius 1 is 1.32 bits per heavy atom. The van der Waals surface area contributed by atoms with E-state index in [1.54, 1.807) is 25.3 Å². The van der Waals surface area contributed by atoms with Crippen molar-refractivity contribution in [3.63, 3.8) is 0 Å². The zero-order chi connectivity index (χ0) is 14.0. The van der Waals surface area contributed by atoms with Gasteiger partial charge in [-0.1, -0.05) is 0 Å². The van der Waals surface area contributed by atoms with Crippen LogP contribution in [0.3, 0.4) is 0 Å². The number of aryl methyl sites for hydroxylation is 2. The van der Waals surface area contributed by atoms with Gasteiger partial charge in [0.25, 0.3) is 0 Å². The van der Waals surface area contributed by atoms with Gasteiger partial charge in [-0.15, -0.1) is 0 Å². The minimum Gasteiger partial charge on any atom is -0.381 e. The van der Waals surface area contributed by atoms with Crippen molar-refractivity contribution in [1.82, 2.24) is 4.37 Å². The number of sulfonamides is 1. The van der Waals surface area contributed by atoms with Crippen molar-refractivity contribution in [3.05, 3.63) is 40.4 Å². The van der Waals surface area contributed by atoms with E-state index in [1.807, 2.05) is 12.3 Å². The Balaban J connectivity index is 2.26. The van der Waals surface area contributed by atoms with E-state index in [1.165, 1.54) is 11.5 Å². The Labute approximate surface area is 116 Å². The van der Waals surface area contributed by atoms with Gasteiger partial charge in [0.1, 0.15) is 0 Å². The molecule has 2 rings (SSSR count). The van der Waals surface area contributed by atoms with Crippen LogP contribution in [0.1, 0.15) is 16.7 Å². The molecule has 5 nitrogen and oxygen atoms in total. The van der Waals surface area contributed by atoms with Gasteiger partial charge in [0.05, 0.1) is 4.90 Å². The quantitative estimate of drug-likeness (QED) is 0.904. The maximum absolute atomic E-state index is 11.4. The molecule has 0 bridgehead atoms. The zero-order valence-corrected chi connectivity index (χ0v) is 12.3. The van der Waals surface area contributed by atoms with Crippen LogP contribution in [0, 0.1) is 13.8 Å².